The number of rotatable bonds is 3. The standard InChI is InChI=1S/C10H20N2/c1-8(11-2)9-6-4-5-7-10(9)12-3/h8,11-12H,4-7H2,1-3H3. The van der Waals surface area contributed by atoms with Crippen LogP contribution < -0.4 is 10.6 Å². The second-order valence-electron chi connectivity index (χ2n) is 3.47. The largest absolute Gasteiger partial charge is 0.391 e. The Bertz CT molecular complexity index is 173. The molecule has 0 aromatic rings. The van der Waals surface area contributed by atoms with E-state index < -0.39 is 0 Å². The van der Waals surface area contributed by atoms with E-state index >= 15 is 0 Å². The summed E-state index contributed by atoms with van der Waals surface area (Å²) in [5.41, 5.74) is 3.04. The van der Waals surface area contributed by atoms with Crippen molar-refractivity contribution in [2.75, 3.05) is 14.1 Å². The lowest BCUT2D eigenvalue weighted by molar-refractivity contribution is 0.566. The van der Waals surface area contributed by atoms with Gasteiger partial charge in [0.2, 0.25) is 0 Å². The van der Waals surface area contributed by atoms with Crippen LogP contribution in [0.4, 0.5) is 0 Å². The quantitative estimate of drug-likeness (QED) is 0.669. The zero-order valence-electron chi connectivity index (χ0n) is 8.41. The van der Waals surface area contributed by atoms with E-state index in [1.165, 1.54) is 31.4 Å². The van der Waals surface area contributed by atoms with Gasteiger partial charge in [0, 0.05) is 18.8 Å². The third kappa shape index (κ3) is 2.01. The summed E-state index contributed by atoms with van der Waals surface area (Å²) >= 11 is 0. The SMILES string of the molecule is CNC1=C(C(C)NC)CCCC1. The van der Waals surface area contributed by atoms with Crippen LogP contribution >= 0.6 is 0 Å². The maximum absolute atomic E-state index is 3.31. The minimum atomic E-state index is 0.535. The molecule has 0 aliphatic heterocycles. The van der Waals surface area contributed by atoms with Gasteiger partial charge in [-0.05, 0) is 45.2 Å². The van der Waals surface area contributed by atoms with E-state index in [0.717, 1.165) is 0 Å². The summed E-state index contributed by atoms with van der Waals surface area (Å²) < 4.78 is 0. The topological polar surface area (TPSA) is 24.1 Å². The summed E-state index contributed by atoms with van der Waals surface area (Å²) in [6.07, 6.45) is 5.19. The van der Waals surface area contributed by atoms with Crippen LogP contribution in [-0.4, -0.2) is 20.1 Å². The van der Waals surface area contributed by atoms with Crippen LogP contribution in [0.2, 0.25) is 0 Å². The fourth-order valence-corrected chi connectivity index (χ4v) is 1.87. The van der Waals surface area contributed by atoms with Crippen LogP contribution in [0, 0.1) is 0 Å². The van der Waals surface area contributed by atoms with Gasteiger partial charge in [0.1, 0.15) is 0 Å². The predicted octanol–water partition coefficient (Wildman–Crippen LogP) is 1.64. The van der Waals surface area contributed by atoms with E-state index in [4.69, 9.17) is 0 Å². The molecule has 0 aromatic heterocycles. The van der Waals surface area contributed by atoms with Crippen LogP contribution in [-0.2, 0) is 0 Å². The van der Waals surface area contributed by atoms with Crippen molar-refractivity contribution in [1.29, 1.82) is 0 Å². The maximum atomic E-state index is 3.31. The average Bonchev–Trinajstić information content (AvgIpc) is 2.16. The zero-order chi connectivity index (χ0) is 8.97. The first kappa shape index (κ1) is 9.59. The van der Waals surface area contributed by atoms with Crippen LogP contribution in [0.25, 0.3) is 0 Å². The first-order valence-electron chi connectivity index (χ1n) is 4.86. The molecule has 0 heterocycles. The van der Waals surface area contributed by atoms with E-state index in [0.29, 0.717) is 6.04 Å². The summed E-state index contributed by atoms with van der Waals surface area (Å²) in [4.78, 5) is 0. The van der Waals surface area contributed by atoms with E-state index in [1.807, 2.05) is 14.1 Å². The Morgan fingerprint density at radius 3 is 2.42 bits per heavy atom. The van der Waals surface area contributed by atoms with Crippen molar-refractivity contribution >= 4 is 0 Å². The molecular formula is C10H20N2. The summed E-state index contributed by atoms with van der Waals surface area (Å²) in [5, 5.41) is 6.61. The molecule has 1 unspecified atom stereocenters. The Kier molecular flexibility index (Phi) is 3.60. The molecule has 0 bridgehead atoms. The van der Waals surface area contributed by atoms with Crippen molar-refractivity contribution in [3.63, 3.8) is 0 Å². The van der Waals surface area contributed by atoms with Crippen molar-refractivity contribution in [1.82, 2.24) is 10.6 Å². The highest BCUT2D eigenvalue weighted by molar-refractivity contribution is 5.20. The van der Waals surface area contributed by atoms with Gasteiger partial charge in [-0.3, -0.25) is 0 Å². The number of nitrogens with one attached hydrogen (secondary N) is 2. The second kappa shape index (κ2) is 4.51. The molecular weight excluding hydrogens is 148 g/mol. The smallest absolute Gasteiger partial charge is 0.0268 e. The molecule has 0 amide bonds. The Balaban J connectivity index is 2.72. The molecule has 2 heteroatoms. The lowest BCUT2D eigenvalue weighted by Crippen LogP contribution is -2.28. The van der Waals surface area contributed by atoms with Gasteiger partial charge in [0.05, 0.1) is 0 Å². The normalized spacial score (nSPS) is 20.9. The molecule has 70 valence electrons. The van der Waals surface area contributed by atoms with Crippen molar-refractivity contribution in [3.05, 3.63) is 11.3 Å². The summed E-state index contributed by atoms with van der Waals surface area (Å²) in [6, 6.07) is 0.535. The van der Waals surface area contributed by atoms with Gasteiger partial charge in [0.15, 0.2) is 0 Å². The predicted molar refractivity (Wildman–Crippen MR) is 53.1 cm³/mol. The first-order valence-corrected chi connectivity index (χ1v) is 4.86. The lowest BCUT2D eigenvalue weighted by atomic mass is 9.92. The van der Waals surface area contributed by atoms with Crippen molar-refractivity contribution in [2.45, 2.75) is 38.6 Å². The fourth-order valence-electron chi connectivity index (χ4n) is 1.87. The summed E-state index contributed by atoms with van der Waals surface area (Å²) in [5.74, 6) is 0. The van der Waals surface area contributed by atoms with E-state index in [1.54, 1.807) is 5.57 Å². The number of allylic oxidation sites excluding steroid dienone is 1. The Hall–Kier alpha value is -0.500. The minimum Gasteiger partial charge on any atom is -0.391 e. The monoisotopic (exact) mass is 168 g/mol. The van der Waals surface area contributed by atoms with Crippen molar-refractivity contribution < 1.29 is 0 Å². The molecule has 1 aliphatic rings. The molecule has 12 heavy (non-hydrogen) atoms. The second-order valence-corrected chi connectivity index (χ2v) is 3.47. The molecule has 0 fully saturated rings. The minimum absolute atomic E-state index is 0.535. The van der Waals surface area contributed by atoms with Gasteiger partial charge < -0.3 is 10.6 Å². The highest BCUT2D eigenvalue weighted by Gasteiger charge is 2.15. The van der Waals surface area contributed by atoms with Crippen LogP contribution in [0.15, 0.2) is 11.3 Å². The van der Waals surface area contributed by atoms with Gasteiger partial charge in [-0.2, -0.15) is 0 Å². The molecule has 0 aromatic carbocycles. The molecule has 0 radical (unpaired) electrons. The van der Waals surface area contributed by atoms with Gasteiger partial charge in [-0.1, -0.05) is 0 Å². The molecule has 1 atom stereocenters. The molecule has 0 saturated heterocycles. The average molecular weight is 168 g/mol. The van der Waals surface area contributed by atoms with Gasteiger partial charge >= 0.3 is 0 Å². The van der Waals surface area contributed by atoms with E-state index in [2.05, 4.69) is 17.6 Å². The van der Waals surface area contributed by atoms with Crippen molar-refractivity contribution in [2.24, 2.45) is 0 Å². The highest BCUT2D eigenvalue weighted by Crippen LogP contribution is 2.24. The zero-order valence-corrected chi connectivity index (χ0v) is 8.41. The number of likely N-dealkylation sites (N-methyl/N-ethyl adjacent to an activating group) is 1. The summed E-state index contributed by atoms with van der Waals surface area (Å²) in [6.45, 7) is 2.23. The van der Waals surface area contributed by atoms with Crippen molar-refractivity contribution in [3.8, 4) is 0 Å². The highest BCUT2D eigenvalue weighted by atomic mass is 14.9. The summed E-state index contributed by atoms with van der Waals surface area (Å²) in [7, 11) is 4.06. The third-order valence-electron chi connectivity index (χ3n) is 2.77. The Labute approximate surface area is 75.4 Å². The van der Waals surface area contributed by atoms with E-state index in [9.17, 15) is 0 Å². The molecule has 2 nitrogen and oxygen atoms in total. The van der Waals surface area contributed by atoms with E-state index in [-0.39, 0.29) is 0 Å². The molecule has 0 saturated carbocycles. The fraction of sp³-hybridized carbons (Fsp3) is 0.800. The Morgan fingerprint density at radius 2 is 1.83 bits per heavy atom. The van der Waals surface area contributed by atoms with Crippen LogP contribution in [0.1, 0.15) is 32.6 Å². The van der Waals surface area contributed by atoms with Gasteiger partial charge in [-0.15, -0.1) is 0 Å². The van der Waals surface area contributed by atoms with Crippen LogP contribution in [0.5, 0.6) is 0 Å². The molecule has 1 aliphatic carbocycles. The lowest BCUT2D eigenvalue weighted by Gasteiger charge is -2.24. The molecule has 2 N–H and O–H groups in total. The number of hydrogen-bond donors (Lipinski definition) is 2. The van der Waals surface area contributed by atoms with Crippen LogP contribution in [0.3, 0.4) is 0 Å². The maximum Gasteiger partial charge on any atom is 0.0268 e. The molecule has 0 spiro atoms. The Morgan fingerprint density at radius 1 is 1.17 bits per heavy atom. The number of hydrogen-bond acceptors (Lipinski definition) is 2. The van der Waals surface area contributed by atoms with Gasteiger partial charge in [-0.25, -0.2) is 0 Å². The third-order valence-corrected chi connectivity index (χ3v) is 2.77. The van der Waals surface area contributed by atoms with Gasteiger partial charge in [0.25, 0.3) is 0 Å². The first-order chi connectivity index (χ1) is 5.79. The molecule has 1 rings (SSSR count).